The van der Waals surface area contributed by atoms with Crippen LogP contribution in [-0.2, 0) is 4.79 Å². The van der Waals surface area contributed by atoms with Gasteiger partial charge in [-0.1, -0.05) is 0 Å². The molecule has 5 heteroatoms. The van der Waals surface area contributed by atoms with Crippen LogP contribution in [0.3, 0.4) is 0 Å². The maximum Gasteiger partial charge on any atom is 0.244 e. The van der Waals surface area contributed by atoms with Gasteiger partial charge in [0.25, 0.3) is 0 Å². The zero-order valence-corrected chi connectivity index (χ0v) is 10.5. The molecule has 1 aliphatic heterocycles. The Balaban J connectivity index is 2.17. The first kappa shape index (κ1) is 11.4. The maximum absolute atomic E-state index is 12.1. The summed E-state index contributed by atoms with van der Waals surface area (Å²) in [6.45, 7) is 0.942. The van der Waals surface area contributed by atoms with Crippen LogP contribution >= 0.6 is 11.3 Å². The van der Waals surface area contributed by atoms with Gasteiger partial charge in [0.1, 0.15) is 6.04 Å². The van der Waals surface area contributed by atoms with Crippen LogP contribution in [0, 0.1) is 0 Å². The lowest BCUT2D eigenvalue weighted by atomic mass is 10.0. The monoisotopic (exact) mass is 239 g/mol. The van der Waals surface area contributed by atoms with Crippen molar-refractivity contribution in [1.29, 1.82) is 0 Å². The fourth-order valence-electron chi connectivity index (χ4n) is 2.07. The second kappa shape index (κ2) is 4.82. The standard InChI is InChI=1S/C11H17N3OS/c1-13(2)10(15)9-5-3-4-7-14(9)11-12-6-8-16-11/h6,8-9H,3-5,7H2,1-2H3. The molecule has 1 unspecified atom stereocenters. The van der Waals surface area contributed by atoms with Gasteiger partial charge >= 0.3 is 0 Å². The summed E-state index contributed by atoms with van der Waals surface area (Å²) in [5, 5.41) is 2.93. The van der Waals surface area contributed by atoms with E-state index in [0.29, 0.717) is 0 Å². The zero-order valence-electron chi connectivity index (χ0n) is 9.72. The maximum atomic E-state index is 12.1. The van der Waals surface area contributed by atoms with E-state index in [1.54, 1.807) is 22.4 Å². The molecule has 1 fully saturated rings. The Morgan fingerprint density at radius 2 is 2.38 bits per heavy atom. The molecule has 1 aliphatic rings. The Labute approximate surface area is 99.9 Å². The Kier molecular flexibility index (Phi) is 3.43. The normalized spacial score (nSPS) is 20.9. The van der Waals surface area contributed by atoms with Crippen molar-refractivity contribution in [2.75, 3.05) is 25.5 Å². The number of amides is 1. The van der Waals surface area contributed by atoms with Crippen molar-refractivity contribution in [3.05, 3.63) is 11.6 Å². The van der Waals surface area contributed by atoms with Crippen LogP contribution in [0.5, 0.6) is 0 Å². The second-order valence-electron chi connectivity index (χ2n) is 4.25. The first-order valence-electron chi connectivity index (χ1n) is 5.57. The summed E-state index contributed by atoms with van der Waals surface area (Å²) in [5.41, 5.74) is 0. The molecule has 1 aromatic rings. The molecule has 1 saturated heterocycles. The van der Waals surface area contributed by atoms with E-state index in [0.717, 1.165) is 30.9 Å². The molecule has 1 atom stereocenters. The van der Waals surface area contributed by atoms with Crippen molar-refractivity contribution in [2.24, 2.45) is 0 Å². The number of hydrogen-bond acceptors (Lipinski definition) is 4. The van der Waals surface area contributed by atoms with Crippen molar-refractivity contribution in [3.63, 3.8) is 0 Å². The summed E-state index contributed by atoms with van der Waals surface area (Å²) >= 11 is 1.61. The van der Waals surface area contributed by atoms with Gasteiger partial charge in [-0.25, -0.2) is 4.98 Å². The van der Waals surface area contributed by atoms with E-state index >= 15 is 0 Å². The van der Waals surface area contributed by atoms with E-state index < -0.39 is 0 Å². The molecule has 0 radical (unpaired) electrons. The molecule has 0 aromatic carbocycles. The van der Waals surface area contributed by atoms with Crippen molar-refractivity contribution in [3.8, 4) is 0 Å². The minimum absolute atomic E-state index is 0.0186. The van der Waals surface area contributed by atoms with Crippen LogP contribution in [0.25, 0.3) is 0 Å². The van der Waals surface area contributed by atoms with Gasteiger partial charge in [0.05, 0.1) is 0 Å². The van der Waals surface area contributed by atoms with Crippen molar-refractivity contribution < 1.29 is 4.79 Å². The number of likely N-dealkylation sites (N-methyl/N-ethyl adjacent to an activating group) is 1. The van der Waals surface area contributed by atoms with Gasteiger partial charge in [-0.05, 0) is 19.3 Å². The third kappa shape index (κ3) is 2.19. The van der Waals surface area contributed by atoms with Crippen LogP contribution < -0.4 is 4.90 Å². The average Bonchev–Trinajstić information content (AvgIpc) is 2.81. The minimum atomic E-state index is -0.0186. The molecule has 2 heterocycles. The summed E-state index contributed by atoms with van der Waals surface area (Å²) in [7, 11) is 3.63. The number of rotatable bonds is 2. The van der Waals surface area contributed by atoms with Crippen molar-refractivity contribution in [2.45, 2.75) is 25.3 Å². The lowest BCUT2D eigenvalue weighted by Crippen LogP contribution is -2.49. The molecule has 0 saturated carbocycles. The largest absolute Gasteiger partial charge is 0.347 e. The fraction of sp³-hybridized carbons (Fsp3) is 0.636. The number of hydrogen-bond donors (Lipinski definition) is 0. The molecule has 2 rings (SSSR count). The molecule has 0 bridgehead atoms. The predicted molar refractivity (Wildman–Crippen MR) is 65.8 cm³/mol. The third-order valence-corrected chi connectivity index (χ3v) is 3.70. The number of piperidine rings is 1. The Morgan fingerprint density at radius 3 is 3.00 bits per heavy atom. The highest BCUT2D eigenvalue weighted by Crippen LogP contribution is 2.27. The molecule has 16 heavy (non-hydrogen) atoms. The van der Waals surface area contributed by atoms with Gasteiger partial charge in [-0.3, -0.25) is 4.79 Å². The van der Waals surface area contributed by atoms with E-state index in [1.807, 2.05) is 19.5 Å². The predicted octanol–water partition coefficient (Wildman–Crippen LogP) is 1.59. The zero-order chi connectivity index (χ0) is 11.5. The quantitative estimate of drug-likeness (QED) is 0.786. The molecule has 4 nitrogen and oxygen atoms in total. The summed E-state index contributed by atoms with van der Waals surface area (Å²) in [6.07, 6.45) is 5.02. The Bertz CT molecular complexity index is 350. The van der Waals surface area contributed by atoms with Gasteiger partial charge in [0.15, 0.2) is 5.13 Å². The van der Waals surface area contributed by atoms with Gasteiger partial charge in [-0.2, -0.15) is 0 Å². The Hall–Kier alpha value is -1.10. The molecule has 0 N–H and O–H groups in total. The number of carbonyl (C=O) groups excluding carboxylic acids is 1. The van der Waals surface area contributed by atoms with Crippen molar-refractivity contribution in [1.82, 2.24) is 9.88 Å². The number of nitrogens with zero attached hydrogens (tertiary/aromatic N) is 3. The highest BCUT2D eigenvalue weighted by Gasteiger charge is 2.30. The topological polar surface area (TPSA) is 36.4 Å². The van der Waals surface area contributed by atoms with Gasteiger partial charge < -0.3 is 9.80 Å². The molecular formula is C11H17N3OS. The van der Waals surface area contributed by atoms with Crippen molar-refractivity contribution >= 4 is 22.4 Å². The van der Waals surface area contributed by atoms with Crippen LogP contribution in [-0.4, -0.2) is 42.5 Å². The van der Waals surface area contributed by atoms with Gasteiger partial charge in [0.2, 0.25) is 5.91 Å². The first-order chi connectivity index (χ1) is 7.70. The van der Waals surface area contributed by atoms with Crippen LogP contribution in [0.4, 0.5) is 5.13 Å². The number of aromatic nitrogens is 1. The minimum Gasteiger partial charge on any atom is -0.347 e. The summed E-state index contributed by atoms with van der Waals surface area (Å²) < 4.78 is 0. The average molecular weight is 239 g/mol. The van der Waals surface area contributed by atoms with Crippen LogP contribution in [0.1, 0.15) is 19.3 Å². The molecule has 1 amide bonds. The number of anilines is 1. The second-order valence-corrected chi connectivity index (χ2v) is 5.13. The summed E-state index contributed by atoms with van der Waals surface area (Å²) in [5.74, 6) is 0.190. The molecule has 0 spiro atoms. The lowest BCUT2D eigenvalue weighted by molar-refractivity contribution is -0.130. The fourth-order valence-corrected chi connectivity index (χ4v) is 2.79. The molecule has 0 aliphatic carbocycles. The Morgan fingerprint density at radius 1 is 1.56 bits per heavy atom. The van der Waals surface area contributed by atoms with E-state index in [2.05, 4.69) is 9.88 Å². The first-order valence-corrected chi connectivity index (χ1v) is 6.45. The van der Waals surface area contributed by atoms with Gasteiger partial charge in [0, 0.05) is 32.2 Å². The van der Waals surface area contributed by atoms with Crippen LogP contribution in [0.15, 0.2) is 11.6 Å². The summed E-state index contributed by atoms with van der Waals surface area (Å²) in [4.78, 5) is 20.2. The van der Waals surface area contributed by atoms with E-state index in [4.69, 9.17) is 0 Å². The van der Waals surface area contributed by atoms with E-state index in [9.17, 15) is 4.79 Å². The third-order valence-electron chi connectivity index (χ3n) is 2.89. The van der Waals surface area contributed by atoms with E-state index in [1.165, 1.54) is 0 Å². The highest BCUT2D eigenvalue weighted by atomic mass is 32.1. The molecular weight excluding hydrogens is 222 g/mol. The van der Waals surface area contributed by atoms with Gasteiger partial charge in [-0.15, -0.1) is 11.3 Å². The lowest BCUT2D eigenvalue weighted by Gasteiger charge is -2.35. The molecule has 88 valence electrons. The SMILES string of the molecule is CN(C)C(=O)C1CCCCN1c1nccs1. The smallest absolute Gasteiger partial charge is 0.244 e. The van der Waals surface area contributed by atoms with Crippen LogP contribution in [0.2, 0.25) is 0 Å². The highest BCUT2D eigenvalue weighted by molar-refractivity contribution is 7.13. The van der Waals surface area contributed by atoms with E-state index in [-0.39, 0.29) is 11.9 Å². The number of carbonyl (C=O) groups is 1. The molecule has 1 aromatic heterocycles. The summed E-state index contributed by atoms with van der Waals surface area (Å²) in [6, 6.07) is -0.0186. The number of thiazole rings is 1.